The van der Waals surface area contributed by atoms with E-state index in [1.165, 1.54) is 28.8 Å². The van der Waals surface area contributed by atoms with E-state index in [9.17, 15) is 18.7 Å². The average molecular weight is 705 g/mol. The van der Waals surface area contributed by atoms with Crippen molar-refractivity contribution >= 4 is 22.5 Å². The summed E-state index contributed by atoms with van der Waals surface area (Å²) in [6.07, 6.45) is -4.88. The van der Waals surface area contributed by atoms with E-state index in [-0.39, 0.29) is 41.6 Å². The maximum atomic E-state index is 16.1. The van der Waals surface area contributed by atoms with Gasteiger partial charge >= 0.3 is 6.29 Å². The Bertz CT molecular complexity index is 2220. The van der Waals surface area contributed by atoms with Gasteiger partial charge in [-0.2, -0.15) is 0 Å². The van der Waals surface area contributed by atoms with Gasteiger partial charge in [-0.25, -0.2) is 4.39 Å². The number of aromatic nitrogens is 1. The molecule has 2 heterocycles. The Balaban J connectivity index is 1.20. The van der Waals surface area contributed by atoms with E-state index in [2.05, 4.69) is 14.8 Å². The first kappa shape index (κ1) is 29.8. The highest BCUT2D eigenvalue weighted by atomic mass is 19.3. The fourth-order valence-electron chi connectivity index (χ4n) is 6.29. The number of fused-ring (bicyclic) bond motifs is 2. The molecule has 0 spiro atoms. The van der Waals surface area contributed by atoms with E-state index < -0.39 is 54.6 Å². The Labute approximate surface area is 299 Å². The molecule has 0 saturated heterocycles. The molecule has 1 aliphatic carbocycles. The highest BCUT2D eigenvalue weighted by molar-refractivity contribution is 6.03. The van der Waals surface area contributed by atoms with Gasteiger partial charge in [0, 0.05) is 22.6 Å². The first-order valence-electron chi connectivity index (χ1n) is 18.5. The first-order valence-corrected chi connectivity index (χ1v) is 16.5. The van der Waals surface area contributed by atoms with Crippen LogP contribution in [0, 0.1) is 5.82 Å². The lowest BCUT2D eigenvalue weighted by atomic mass is 9.90. The molecule has 4 aromatic carbocycles. The number of nitrogens with zero attached hydrogens (tertiary/aromatic N) is 1. The topological polar surface area (TPSA) is 91.2 Å². The molecule has 51 heavy (non-hydrogen) atoms. The molecule has 1 saturated carbocycles. The third kappa shape index (κ3) is 7.46. The smallest absolute Gasteiger partial charge is 0.395 e. The number of nitrogens with one attached hydrogen (secondary N) is 1. The number of rotatable bonds is 14. The lowest BCUT2D eigenvalue weighted by Gasteiger charge is -2.28. The van der Waals surface area contributed by atoms with Crippen molar-refractivity contribution in [2.45, 2.75) is 69.7 Å². The largest absolute Gasteiger partial charge is 0.586 e. The van der Waals surface area contributed by atoms with Crippen molar-refractivity contribution in [3.63, 3.8) is 0 Å². The van der Waals surface area contributed by atoms with Crippen molar-refractivity contribution in [3.8, 4) is 11.5 Å². The molecular weight excluding hydrogens is 661 g/mol. The number of carbonyl (C=O) groups excluding carboxylic acids is 1. The Morgan fingerprint density at radius 2 is 1.59 bits per heavy atom. The van der Waals surface area contributed by atoms with Crippen molar-refractivity contribution in [2.24, 2.45) is 0 Å². The standard InChI is InChI=1S/C40H39F3N2O6/c1-38(2,25-49-23-27-11-7-4-8-12-27)36-18-28-17-32(31(41)20-33(28)45(36)21-30(46)24-48-22-26-9-5-3-6-10-26)44-37(47)39(15-16-39)29-13-14-34-35(19-29)51-40(42,43)50-34/h3-14,17-20,30,46H,15-16,21-25H2,1-2H3,(H,44,47)/i24D2,25D2. The van der Waals surface area contributed by atoms with Crippen molar-refractivity contribution in [2.75, 3.05) is 18.4 Å². The number of aliphatic hydroxyl groups excluding tert-OH is 1. The molecule has 0 radical (unpaired) electrons. The fraction of sp³-hybridized carbons (Fsp3) is 0.325. The van der Waals surface area contributed by atoms with Crippen LogP contribution in [0.3, 0.4) is 0 Å². The maximum Gasteiger partial charge on any atom is 0.586 e. The molecule has 1 fully saturated rings. The summed E-state index contributed by atoms with van der Waals surface area (Å²) in [6, 6.07) is 26.1. The average Bonchev–Trinajstić information content (AvgIpc) is 3.80. The third-order valence-electron chi connectivity index (χ3n) is 9.08. The monoisotopic (exact) mass is 704 g/mol. The van der Waals surface area contributed by atoms with Crippen LogP contribution in [0.4, 0.5) is 18.9 Å². The number of hydrogen-bond donors (Lipinski definition) is 2. The van der Waals surface area contributed by atoms with Crippen molar-refractivity contribution in [1.82, 2.24) is 4.57 Å². The summed E-state index contributed by atoms with van der Waals surface area (Å²) in [4.78, 5) is 13.7. The van der Waals surface area contributed by atoms with Gasteiger partial charge in [0.1, 0.15) is 5.82 Å². The van der Waals surface area contributed by atoms with Crippen LogP contribution in [-0.4, -0.2) is 41.1 Å². The summed E-state index contributed by atoms with van der Waals surface area (Å²) in [5.74, 6) is -1.80. The number of amides is 1. The van der Waals surface area contributed by atoms with E-state index in [0.29, 0.717) is 29.4 Å². The van der Waals surface area contributed by atoms with E-state index in [4.69, 9.17) is 15.0 Å². The third-order valence-corrected chi connectivity index (χ3v) is 9.08. The minimum Gasteiger partial charge on any atom is -0.395 e. The number of anilines is 1. The molecule has 8 nitrogen and oxygen atoms in total. The summed E-state index contributed by atoms with van der Waals surface area (Å²) in [7, 11) is 0. The van der Waals surface area contributed by atoms with Crippen molar-refractivity contribution in [3.05, 3.63) is 125 Å². The van der Waals surface area contributed by atoms with Crippen molar-refractivity contribution < 1.29 is 47.5 Å². The molecule has 266 valence electrons. The summed E-state index contributed by atoms with van der Waals surface area (Å²) >= 11 is 0. The lowest BCUT2D eigenvalue weighted by molar-refractivity contribution is -0.286. The van der Waals surface area contributed by atoms with Crippen molar-refractivity contribution in [1.29, 1.82) is 0 Å². The number of ether oxygens (including phenoxy) is 4. The highest BCUT2D eigenvalue weighted by Gasteiger charge is 2.53. The van der Waals surface area contributed by atoms with Crippen LogP contribution >= 0.6 is 0 Å². The van der Waals surface area contributed by atoms with E-state index in [1.807, 2.05) is 6.07 Å². The van der Waals surface area contributed by atoms with Crippen LogP contribution in [0.5, 0.6) is 11.5 Å². The van der Waals surface area contributed by atoms with Crippen LogP contribution in [0.1, 0.15) is 54.6 Å². The van der Waals surface area contributed by atoms with E-state index in [0.717, 1.165) is 11.6 Å². The predicted molar refractivity (Wildman–Crippen MR) is 185 cm³/mol. The van der Waals surface area contributed by atoms with Gasteiger partial charge in [-0.1, -0.05) is 80.6 Å². The molecule has 1 amide bonds. The number of aliphatic hydroxyl groups is 1. The van der Waals surface area contributed by atoms with Gasteiger partial charge in [-0.05, 0) is 53.8 Å². The van der Waals surface area contributed by atoms with Crippen LogP contribution in [0.2, 0.25) is 0 Å². The number of benzene rings is 4. The zero-order valence-electron chi connectivity index (χ0n) is 31.9. The minimum absolute atomic E-state index is 0.0612. The fourth-order valence-corrected chi connectivity index (χ4v) is 6.29. The minimum atomic E-state index is -3.83. The number of hydrogen-bond acceptors (Lipinski definition) is 6. The molecule has 1 atom stereocenters. The van der Waals surface area contributed by atoms with E-state index >= 15 is 4.39 Å². The summed E-state index contributed by atoms with van der Waals surface area (Å²) in [5, 5.41) is 14.3. The quantitative estimate of drug-likeness (QED) is 0.122. The molecule has 11 heteroatoms. The van der Waals surface area contributed by atoms with Crippen LogP contribution < -0.4 is 14.8 Å². The van der Waals surface area contributed by atoms with Gasteiger partial charge in [0.2, 0.25) is 5.91 Å². The predicted octanol–water partition coefficient (Wildman–Crippen LogP) is 7.84. The Hall–Kier alpha value is -4.84. The van der Waals surface area contributed by atoms with Crippen LogP contribution in [0.15, 0.2) is 97.1 Å². The van der Waals surface area contributed by atoms with Gasteiger partial charge in [-0.15, -0.1) is 8.78 Å². The van der Waals surface area contributed by atoms with Gasteiger partial charge in [0.05, 0.1) is 61.1 Å². The second-order valence-electron chi connectivity index (χ2n) is 13.3. The number of alkyl halides is 2. The van der Waals surface area contributed by atoms with E-state index in [1.54, 1.807) is 74.5 Å². The number of carbonyl (C=O) groups is 1. The zero-order chi connectivity index (χ0) is 39.4. The molecule has 0 bridgehead atoms. The van der Waals surface area contributed by atoms with Gasteiger partial charge in [-0.3, -0.25) is 4.79 Å². The van der Waals surface area contributed by atoms with Gasteiger partial charge in [0.25, 0.3) is 0 Å². The second kappa shape index (κ2) is 13.7. The normalized spacial score (nSPS) is 18.0. The van der Waals surface area contributed by atoms with Gasteiger partial charge < -0.3 is 33.9 Å². The summed E-state index contributed by atoms with van der Waals surface area (Å²) in [6.45, 7) is -2.40. The lowest BCUT2D eigenvalue weighted by Crippen LogP contribution is -2.30. The molecule has 5 aromatic rings. The Kier molecular flexibility index (Phi) is 8.02. The molecule has 1 aromatic heterocycles. The Morgan fingerprint density at radius 1 is 0.941 bits per heavy atom. The Morgan fingerprint density at radius 3 is 2.25 bits per heavy atom. The van der Waals surface area contributed by atoms with Crippen LogP contribution in [0.25, 0.3) is 10.9 Å². The molecule has 1 aliphatic heterocycles. The molecular formula is C40H39F3N2O6. The second-order valence-corrected chi connectivity index (χ2v) is 13.3. The first-order chi connectivity index (χ1) is 25.9. The summed E-state index contributed by atoms with van der Waals surface area (Å²) < 4.78 is 100. The SMILES string of the molecule is [2H]C([2H])(OCc1ccccc1)C(O)Cn1c(C(C)(C)C([2H])([2H])OCc2ccccc2)cc2cc(NC(=O)C3(c4ccc5c(c4)OC(F)(F)O5)CC3)c(F)cc21. The molecule has 2 N–H and O–H groups in total. The molecule has 7 rings (SSSR count). The molecule has 2 aliphatic rings. The summed E-state index contributed by atoms with van der Waals surface area (Å²) in [5.41, 5.74) is -0.549. The zero-order valence-corrected chi connectivity index (χ0v) is 27.9. The molecule has 1 unspecified atom stereocenters. The number of halogens is 3. The maximum absolute atomic E-state index is 16.1. The van der Waals surface area contributed by atoms with Gasteiger partial charge in [0.15, 0.2) is 11.5 Å². The highest BCUT2D eigenvalue weighted by Crippen LogP contribution is 2.52. The van der Waals surface area contributed by atoms with Crippen LogP contribution in [-0.2, 0) is 44.9 Å².